The number of allylic oxidation sites excluding steroid dienone is 5. The van der Waals surface area contributed by atoms with E-state index in [4.69, 9.17) is 19.2 Å². The molecule has 2 aromatic heterocycles. The highest BCUT2D eigenvalue weighted by Crippen LogP contribution is 2.48. The molecule has 4 heterocycles. The molecule has 5 atom stereocenters. The van der Waals surface area contributed by atoms with E-state index >= 15 is 0 Å². The molecule has 3 N–H and O–H groups in total. The summed E-state index contributed by atoms with van der Waals surface area (Å²) < 4.78 is 47.3. The summed E-state index contributed by atoms with van der Waals surface area (Å²) >= 11 is 0. The van der Waals surface area contributed by atoms with Gasteiger partial charge >= 0.3 is 0 Å². The van der Waals surface area contributed by atoms with Crippen molar-refractivity contribution < 1.29 is 41.8 Å². The number of aromatic nitrogens is 3. The summed E-state index contributed by atoms with van der Waals surface area (Å²) in [6, 6.07) is 4.39. The average molecular weight is 816 g/mol. The monoisotopic (exact) mass is 815 g/mol. The van der Waals surface area contributed by atoms with E-state index in [9.17, 15) is 27.6 Å². The maximum Gasteiger partial charge on any atom is 0.272 e. The number of nitrogens with one attached hydrogen (secondary N) is 3. The molecule has 2 saturated carbocycles. The highest BCUT2D eigenvalue weighted by Gasteiger charge is 2.63. The zero-order valence-electron chi connectivity index (χ0n) is 33.4. The first kappa shape index (κ1) is 40.5. The van der Waals surface area contributed by atoms with E-state index in [1.54, 1.807) is 63.7 Å². The number of hydrogen-bond acceptors (Lipinski definition) is 11. The minimum atomic E-state index is -4.02. The molecule has 0 unspecified atom stereocenters. The Morgan fingerprint density at radius 2 is 1.83 bits per heavy atom. The second-order valence-electron chi connectivity index (χ2n) is 15.9. The molecule has 58 heavy (non-hydrogen) atoms. The van der Waals surface area contributed by atoms with Gasteiger partial charge in [0.05, 0.1) is 30.0 Å². The van der Waals surface area contributed by atoms with Crippen LogP contribution in [-0.4, -0.2) is 99.9 Å². The van der Waals surface area contributed by atoms with Crippen LogP contribution in [0.1, 0.15) is 68.9 Å². The first-order valence-electron chi connectivity index (χ1n) is 19.4. The summed E-state index contributed by atoms with van der Waals surface area (Å²) in [4.78, 5) is 62.6. The number of methoxy groups -OCH3 is 1. The molecular formula is C41H49N7O9S. The van der Waals surface area contributed by atoms with Crippen molar-refractivity contribution in [3.05, 3.63) is 78.2 Å². The van der Waals surface area contributed by atoms with E-state index in [1.165, 1.54) is 21.7 Å². The number of aryl methyl sites for hydroxylation is 2. The molecule has 4 aliphatic rings. The van der Waals surface area contributed by atoms with E-state index in [-0.39, 0.29) is 31.2 Å². The normalized spacial score (nSPS) is 26.9. The number of ether oxygens (including phenoxy) is 3. The molecule has 0 bridgehead atoms. The molecule has 0 spiro atoms. The molecule has 4 amide bonds. The number of amides is 4. The lowest BCUT2D eigenvalue weighted by atomic mass is 10.1. The molecule has 16 nitrogen and oxygen atoms in total. The molecular weight excluding hydrogens is 767 g/mol. The van der Waals surface area contributed by atoms with Gasteiger partial charge in [-0.3, -0.25) is 28.6 Å². The zero-order valence-corrected chi connectivity index (χ0v) is 34.2. The Bertz CT molecular complexity index is 2350. The van der Waals surface area contributed by atoms with Crippen LogP contribution in [0.5, 0.6) is 17.4 Å². The lowest BCUT2D eigenvalue weighted by molar-refractivity contribution is -0.140. The first-order valence-corrected chi connectivity index (χ1v) is 20.8. The van der Waals surface area contributed by atoms with Gasteiger partial charge < -0.3 is 29.7 Å². The van der Waals surface area contributed by atoms with Gasteiger partial charge in [-0.2, -0.15) is 5.10 Å². The largest absolute Gasteiger partial charge is 0.496 e. The summed E-state index contributed by atoms with van der Waals surface area (Å²) in [5.74, 6) is -1.76. The van der Waals surface area contributed by atoms with Crippen molar-refractivity contribution in [2.75, 3.05) is 13.7 Å². The number of carbonyl (C=O) groups excluding carboxylic acids is 4. The summed E-state index contributed by atoms with van der Waals surface area (Å²) in [6.45, 7) is 7.13. The smallest absolute Gasteiger partial charge is 0.272 e. The second-order valence-corrected chi connectivity index (χ2v) is 18.1. The van der Waals surface area contributed by atoms with Gasteiger partial charge in [-0.1, -0.05) is 36.5 Å². The Hall–Kier alpha value is -5.71. The maximum absolute atomic E-state index is 14.7. The number of carbonyl (C=O) groups is 4. The van der Waals surface area contributed by atoms with Crippen molar-refractivity contribution in [1.29, 1.82) is 0 Å². The van der Waals surface area contributed by atoms with Crippen molar-refractivity contribution in [2.45, 2.75) is 94.4 Å². The van der Waals surface area contributed by atoms with Gasteiger partial charge in [-0.05, 0) is 77.5 Å². The Morgan fingerprint density at radius 3 is 2.52 bits per heavy atom. The van der Waals surface area contributed by atoms with Crippen LogP contribution in [0.3, 0.4) is 0 Å². The number of rotatable bonds is 10. The predicted octanol–water partition coefficient (Wildman–Crippen LogP) is 3.17. The van der Waals surface area contributed by atoms with Crippen molar-refractivity contribution in [3.8, 4) is 17.4 Å². The molecule has 3 fully saturated rings. The zero-order chi connectivity index (χ0) is 41.6. The van der Waals surface area contributed by atoms with Gasteiger partial charge in [-0.25, -0.2) is 13.4 Å². The summed E-state index contributed by atoms with van der Waals surface area (Å²) in [7, 11) is -0.785. The van der Waals surface area contributed by atoms with Crippen LogP contribution < -0.4 is 29.6 Å². The van der Waals surface area contributed by atoms with Crippen molar-refractivity contribution in [3.63, 3.8) is 0 Å². The molecule has 0 radical (unpaired) electrons. The topological polar surface area (TPSA) is 200 Å². The second kappa shape index (κ2) is 15.6. The van der Waals surface area contributed by atoms with Gasteiger partial charge in [0.25, 0.3) is 11.8 Å². The highest BCUT2D eigenvalue weighted by atomic mass is 32.2. The third-order valence-electron chi connectivity index (χ3n) is 11.2. The van der Waals surface area contributed by atoms with Crippen LogP contribution in [0.4, 0.5) is 0 Å². The molecule has 3 aromatic rings. The Kier molecular flexibility index (Phi) is 10.9. The number of hydrogen-bond donors (Lipinski definition) is 3. The van der Waals surface area contributed by atoms with Crippen molar-refractivity contribution >= 4 is 44.6 Å². The summed E-state index contributed by atoms with van der Waals surface area (Å²) in [5, 5.41) is 10.5. The quantitative estimate of drug-likeness (QED) is 0.272. The Labute approximate surface area is 337 Å². The van der Waals surface area contributed by atoms with Crippen LogP contribution in [-0.2, 0) is 31.5 Å². The van der Waals surface area contributed by atoms with E-state index in [1.807, 2.05) is 32.9 Å². The molecule has 308 valence electrons. The molecule has 17 heteroatoms. The molecule has 2 aliphatic carbocycles. The molecule has 2 aliphatic heterocycles. The lowest BCUT2D eigenvalue weighted by Gasteiger charge is -2.29. The number of sulfonamides is 1. The van der Waals surface area contributed by atoms with Crippen LogP contribution in [0.2, 0.25) is 0 Å². The predicted molar refractivity (Wildman–Crippen MR) is 214 cm³/mol. The van der Waals surface area contributed by atoms with Crippen LogP contribution in [0.25, 0.3) is 10.9 Å². The third kappa shape index (κ3) is 8.04. The fourth-order valence-electron chi connectivity index (χ4n) is 7.47. The van der Waals surface area contributed by atoms with Gasteiger partial charge in [-0.15, -0.1) is 0 Å². The van der Waals surface area contributed by atoms with Gasteiger partial charge in [0.15, 0.2) is 0 Å². The maximum atomic E-state index is 14.7. The summed E-state index contributed by atoms with van der Waals surface area (Å²) in [6.07, 6.45) is 12.2. The van der Waals surface area contributed by atoms with Gasteiger partial charge in [0.1, 0.15) is 40.9 Å². The van der Waals surface area contributed by atoms with Gasteiger partial charge in [0.2, 0.25) is 27.7 Å². The number of benzene rings is 1. The van der Waals surface area contributed by atoms with E-state index < -0.39 is 68.0 Å². The molecule has 1 aromatic carbocycles. The average Bonchev–Trinajstić information content (AvgIpc) is 3.97. The van der Waals surface area contributed by atoms with Crippen molar-refractivity contribution in [1.82, 2.24) is 35.0 Å². The highest BCUT2D eigenvalue weighted by molar-refractivity contribution is 7.91. The fraction of sp³-hybridized carbons (Fsp3) is 0.463. The number of nitrogens with zero attached hydrogens (tertiary/aromatic N) is 4. The van der Waals surface area contributed by atoms with E-state index in [2.05, 4.69) is 20.5 Å². The first-order chi connectivity index (χ1) is 27.5. The van der Waals surface area contributed by atoms with Crippen LogP contribution in [0, 0.1) is 12.8 Å². The van der Waals surface area contributed by atoms with Gasteiger partial charge in [0, 0.05) is 36.7 Å². The molecule has 7 rings (SSSR count). The minimum absolute atomic E-state index is 0.0000594. The van der Waals surface area contributed by atoms with Crippen LogP contribution >= 0.6 is 0 Å². The number of fused-ring (bicyclic) bond motifs is 3. The Balaban J connectivity index is 1.25. The SMILES string of the molecule is COc1ccc2c(O[C@@H]3C[C@H]4C(=O)N[C@]5(C(=O)NS(=O)(=O)C6(C)CC6)C[C@H]5C/C=C/C=C/C=C/[C@H](NC(=O)c5ccn(C)n5)C(=O)N4C3)cc(OC(C)C)nc2c1C. The lowest BCUT2D eigenvalue weighted by Crippen LogP contribution is -2.58. The minimum Gasteiger partial charge on any atom is -0.496 e. The van der Waals surface area contributed by atoms with E-state index in [0.717, 1.165) is 5.56 Å². The Morgan fingerprint density at radius 1 is 1.07 bits per heavy atom. The number of pyridine rings is 1. The summed E-state index contributed by atoms with van der Waals surface area (Å²) in [5.41, 5.74) is -0.103. The third-order valence-corrected chi connectivity index (χ3v) is 13.4. The fourth-order valence-corrected chi connectivity index (χ4v) is 8.78. The van der Waals surface area contributed by atoms with E-state index in [0.29, 0.717) is 47.5 Å². The standard InChI is InChI=1S/C41H49N7O9S/c1-24(2)56-34-21-33(28-14-15-32(55-6)25(3)35(28)43-34)57-27-20-31-37(50)44-41(39(52)46-58(53,54)40(4)17-18-40)22-26(41)12-10-8-7-9-11-13-30(38(51)48(31)23-27)42-36(49)29-16-19-47(5)45-29/h7-11,13-16,19,21,24,26-27,30-31H,12,17-18,20,22-23H2,1-6H3,(H,42,49)(H,44,50)(H,46,52)/b9-7+,10-8+,13-11+/t26-,27-,30+,31+,41-/m1/s1. The molecule has 1 saturated heterocycles. The van der Waals surface area contributed by atoms with Crippen molar-refractivity contribution in [2.24, 2.45) is 13.0 Å². The van der Waals surface area contributed by atoms with Crippen LogP contribution in [0.15, 0.2) is 66.9 Å².